The van der Waals surface area contributed by atoms with Crippen LogP contribution in [0.5, 0.6) is 0 Å². The Morgan fingerprint density at radius 1 is 1.39 bits per heavy atom. The summed E-state index contributed by atoms with van der Waals surface area (Å²) in [5.74, 6) is -0.0198. The molecule has 10 heteroatoms. The normalized spacial score (nSPS) is 15.2. The first-order chi connectivity index (χ1) is 16.0. The zero-order chi connectivity index (χ0) is 23.2. The number of nitrogen functional groups attached to an aromatic ring is 1. The Hall–Kier alpha value is -3.24. The Morgan fingerprint density at radius 3 is 3.03 bits per heavy atom. The van der Waals surface area contributed by atoms with Crippen LogP contribution in [0.15, 0.2) is 36.0 Å². The monoisotopic (exact) mass is 483 g/mol. The van der Waals surface area contributed by atoms with E-state index in [9.17, 15) is 9.59 Å². The number of aryl methyl sites for hydroxylation is 1. The molecule has 0 aliphatic heterocycles. The van der Waals surface area contributed by atoms with Gasteiger partial charge in [0.2, 0.25) is 5.91 Å². The molecule has 1 unspecified atom stereocenters. The highest BCUT2D eigenvalue weighted by molar-refractivity contribution is 7.17. The fourth-order valence-electron chi connectivity index (χ4n) is 3.59. The zero-order valence-electron chi connectivity index (χ0n) is 18.2. The molecule has 1 atom stereocenters. The molecule has 0 saturated carbocycles. The third-order valence-corrected chi connectivity index (χ3v) is 7.41. The van der Waals surface area contributed by atoms with E-state index >= 15 is 0 Å². The second-order valence-corrected chi connectivity index (χ2v) is 9.85. The van der Waals surface area contributed by atoms with Gasteiger partial charge in [-0.05, 0) is 55.4 Å². The number of thiophene rings is 1. The van der Waals surface area contributed by atoms with Crippen molar-refractivity contribution < 1.29 is 14.3 Å². The third kappa shape index (κ3) is 6.17. The van der Waals surface area contributed by atoms with Crippen LogP contribution in [-0.2, 0) is 28.9 Å². The summed E-state index contributed by atoms with van der Waals surface area (Å²) in [7, 11) is 0. The number of nitrogens with one attached hydrogen (secondary N) is 2. The SMILES string of the molecule is Cc1csc(CNC(=O)OCC2CCc3c(sc(NC(=O)/C=C/c4cccnc4)c3N)C2)n1. The van der Waals surface area contributed by atoms with E-state index in [1.54, 1.807) is 18.5 Å². The molecule has 0 fully saturated rings. The molecule has 4 rings (SSSR count). The number of nitrogens with zero attached hydrogens (tertiary/aromatic N) is 2. The molecular weight excluding hydrogens is 458 g/mol. The molecular formula is C23H25N5O3S2. The van der Waals surface area contributed by atoms with E-state index in [1.165, 1.54) is 28.7 Å². The van der Waals surface area contributed by atoms with E-state index in [1.807, 2.05) is 24.4 Å². The van der Waals surface area contributed by atoms with Gasteiger partial charge in [-0.15, -0.1) is 22.7 Å². The molecule has 0 aromatic carbocycles. The van der Waals surface area contributed by atoms with Crippen molar-refractivity contribution in [1.29, 1.82) is 0 Å². The van der Waals surface area contributed by atoms with E-state index in [4.69, 9.17) is 10.5 Å². The maximum absolute atomic E-state index is 12.3. The first kappa shape index (κ1) is 22.9. The molecule has 4 N–H and O–H groups in total. The fraction of sp³-hybridized carbons (Fsp3) is 0.304. The molecule has 33 heavy (non-hydrogen) atoms. The maximum atomic E-state index is 12.3. The van der Waals surface area contributed by atoms with Gasteiger partial charge in [0, 0.05) is 34.4 Å². The third-order valence-electron chi connectivity index (χ3n) is 5.26. The topological polar surface area (TPSA) is 119 Å². The van der Waals surface area contributed by atoms with E-state index in [0.29, 0.717) is 23.8 Å². The first-order valence-electron chi connectivity index (χ1n) is 10.6. The van der Waals surface area contributed by atoms with Crippen molar-refractivity contribution >= 4 is 51.4 Å². The van der Waals surface area contributed by atoms with Gasteiger partial charge in [0.05, 0.1) is 18.8 Å². The quantitative estimate of drug-likeness (QED) is 0.434. The molecule has 2 amide bonds. The molecule has 3 aromatic heterocycles. The van der Waals surface area contributed by atoms with Crippen LogP contribution in [0.1, 0.15) is 33.1 Å². The van der Waals surface area contributed by atoms with Gasteiger partial charge in [-0.1, -0.05) is 6.07 Å². The van der Waals surface area contributed by atoms with Crippen LogP contribution in [0, 0.1) is 12.8 Å². The first-order valence-corrected chi connectivity index (χ1v) is 12.3. The van der Waals surface area contributed by atoms with E-state index in [2.05, 4.69) is 20.6 Å². The molecule has 3 aromatic rings. The van der Waals surface area contributed by atoms with E-state index in [-0.39, 0.29) is 11.8 Å². The van der Waals surface area contributed by atoms with Crippen LogP contribution in [0.2, 0.25) is 0 Å². The summed E-state index contributed by atoms with van der Waals surface area (Å²) < 4.78 is 5.42. The number of fused-ring (bicyclic) bond motifs is 1. The van der Waals surface area contributed by atoms with Crippen LogP contribution in [0.4, 0.5) is 15.5 Å². The van der Waals surface area contributed by atoms with Crippen LogP contribution < -0.4 is 16.4 Å². The van der Waals surface area contributed by atoms with Crippen LogP contribution in [0.3, 0.4) is 0 Å². The highest BCUT2D eigenvalue weighted by atomic mass is 32.1. The van der Waals surface area contributed by atoms with Gasteiger partial charge in [-0.3, -0.25) is 9.78 Å². The Bertz CT molecular complexity index is 1160. The number of hydrogen-bond donors (Lipinski definition) is 3. The Morgan fingerprint density at radius 2 is 2.27 bits per heavy atom. The predicted molar refractivity (Wildman–Crippen MR) is 131 cm³/mol. The van der Waals surface area contributed by atoms with Crippen LogP contribution in [0.25, 0.3) is 6.08 Å². The van der Waals surface area contributed by atoms with E-state index in [0.717, 1.165) is 46.0 Å². The average molecular weight is 484 g/mol. The van der Waals surface area contributed by atoms with Crippen molar-refractivity contribution in [3.63, 3.8) is 0 Å². The molecule has 0 radical (unpaired) electrons. The maximum Gasteiger partial charge on any atom is 0.407 e. The number of anilines is 2. The molecule has 8 nitrogen and oxygen atoms in total. The summed E-state index contributed by atoms with van der Waals surface area (Å²) in [5, 5.41) is 9.09. The number of hydrogen-bond acceptors (Lipinski definition) is 8. The lowest BCUT2D eigenvalue weighted by atomic mass is 9.89. The van der Waals surface area contributed by atoms with Crippen LogP contribution >= 0.6 is 22.7 Å². The number of carbonyl (C=O) groups is 2. The molecule has 172 valence electrons. The van der Waals surface area contributed by atoms with Crippen molar-refractivity contribution in [2.24, 2.45) is 5.92 Å². The van der Waals surface area contributed by atoms with Crippen molar-refractivity contribution in [3.05, 3.63) is 62.7 Å². The Kier molecular flexibility index (Phi) is 7.36. The number of carbonyl (C=O) groups excluding carboxylic acids is 2. The number of nitrogens with two attached hydrogens (primary N) is 1. The smallest absolute Gasteiger partial charge is 0.407 e. The second-order valence-electron chi connectivity index (χ2n) is 7.80. The lowest BCUT2D eigenvalue weighted by Crippen LogP contribution is -2.27. The Labute approximate surface area is 199 Å². The summed E-state index contributed by atoms with van der Waals surface area (Å²) in [6.45, 7) is 2.63. The largest absolute Gasteiger partial charge is 0.449 e. The summed E-state index contributed by atoms with van der Waals surface area (Å²) in [4.78, 5) is 33.8. The van der Waals surface area contributed by atoms with Crippen molar-refractivity contribution in [2.45, 2.75) is 32.7 Å². The summed E-state index contributed by atoms with van der Waals surface area (Å²) in [5.41, 5.74) is 9.82. The van der Waals surface area contributed by atoms with Gasteiger partial charge in [0.1, 0.15) is 10.0 Å². The van der Waals surface area contributed by atoms with Crippen molar-refractivity contribution in [2.75, 3.05) is 17.7 Å². The second kappa shape index (κ2) is 10.6. The van der Waals surface area contributed by atoms with Gasteiger partial charge in [0.25, 0.3) is 0 Å². The summed E-state index contributed by atoms with van der Waals surface area (Å²) >= 11 is 3.00. The minimum Gasteiger partial charge on any atom is -0.449 e. The lowest BCUT2D eigenvalue weighted by molar-refractivity contribution is -0.111. The molecule has 3 heterocycles. The zero-order valence-corrected chi connectivity index (χ0v) is 19.8. The number of alkyl carbamates (subject to hydrolysis) is 1. The van der Waals surface area contributed by atoms with Gasteiger partial charge < -0.3 is 21.1 Å². The molecule has 0 spiro atoms. The lowest BCUT2D eigenvalue weighted by Gasteiger charge is -2.22. The minimum absolute atomic E-state index is 0.220. The fourth-order valence-corrected chi connectivity index (χ4v) is 5.59. The highest BCUT2D eigenvalue weighted by Gasteiger charge is 2.26. The number of thiazole rings is 1. The molecule has 1 aliphatic carbocycles. The van der Waals surface area contributed by atoms with Crippen molar-refractivity contribution in [1.82, 2.24) is 15.3 Å². The standard InChI is InChI=1S/C23H25N5O3S2/c1-14-13-32-20(27-14)11-26-23(30)31-12-16-4-6-17-18(9-16)33-22(21(17)24)28-19(29)7-5-15-3-2-8-25-10-15/h2-3,5,7-8,10,13,16H,4,6,9,11-12,24H2,1H3,(H,26,30)(H,28,29)/b7-5+. The average Bonchev–Trinajstić information content (AvgIpc) is 3.38. The number of ether oxygens (including phenoxy) is 1. The minimum atomic E-state index is -0.437. The highest BCUT2D eigenvalue weighted by Crippen LogP contribution is 2.41. The number of pyridine rings is 1. The molecule has 0 saturated heterocycles. The summed E-state index contributed by atoms with van der Waals surface area (Å²) in [6, 6.07) is 3.69. The summed E-state index contributed by atoms with van der Waals surface area (Å²) in [6.07, 6.45) is 8.55. The van der Waals surface area contributed by atoms with Crippen LogP contribution in [-0.4, -0.2) is 28.6 Å². The van der Waals surface area contributed by atoms with Gasteiger partial charge in [-0.2, -0.15) is 0 Å². The van der Waals surface area contributed by atoms with Gasteiger partial charge >= 0.3 is 6.09 Å². The predicted octanol–water partition coefficient (Wildman–Crippen LogP) is 4.17. The molecule has 1 aliphatic rings. The van der Waals surface area contributed by atoms with Gasteiger partial charge in [-0.25, -0.2) is 9.78 Å². The van der Waals surface area contributed by atoms with Crippen molar-refractivity contribution in [3.8, 4) is 0 Å². The Balaban J connectivity index is 1.27. The van der Waals surface area contributed by atoms with Gasteiger partial charge in [0.15, 0.2) is 0 Å². The van der Waals surface area contributed by atoms with E-state index < -0.39 is 6.09 Å². The molecule has 0 bridgehead atoms. The number of aromatic nitrogens is 2. The number of rotatable bonds is 7. The number of amides is 2.